The average molecular weight is 351 g/mol. The SMILES string of the molecule is CCCCCC1=C(C)/C(=C/c2[nH]c(Br)cc2OC)N=C1C. The van der Waals surface area contributed by atoms with Gasteiger partial charge in [0.05, 0.1) is 23.1 Å². The number of methoxy groups -OCH3 is 1. The van der Waals surface area contributed by atoms with E-state index < -0.39 is 0 Å². The molecule has 0 amide bonds. The second-order valence-corrected chi connectivity index (χ2v) is 6.24. The maximum Gasteiger partial charge on any atom is 0.145 e. The second kappa shape index (κ2) is 7.12. The molecule has 4 heteroatoms. The van der Waals surface area contributed by atoms with Crippen LogP contribution in [0.15, 0.2) is 32.5 Å². The first-order valence-electron chi connectivity index (χ1n) is 7.46. The molecule has 0 atom stereocenters. The Morgan fingerprint density at radius 3 is 2.76 bits per heavy atom. The van der Waals surface area contributed by atoms with Crippen molar-refractivity contribution in [1.29, 1.82) is 0 Å². The minimum Gasteiger partial charge on any atom is -0.494 e. The fourth-order valence-electron chi connectivity index (χ4n) is 2.65. The Labute approximate surface area is 135 Å². The Morgan fingerprint density at radius 2 is 2.10 bits per heavy atom. The van der Waals surface area contributed by atoms with Gasteiger partial charge in [0.2, 0.25) is 0 Å². The van der Waals surface area contributed by atoms with Gasteiger partial charge in [0.15, 0.2) is 0 Å². The van der Waals surface area contributed by atoms with E-state index in [9.17, 15) is 0 Å². The molecule has 0 saturated heterocycles. The van der Waals surface area contributed by atoms with Gasteiger partial charge in [-0.15, -0.1) is 0 Å². The van der Waals surface area contributed by atoms with E-state index in [1.54, 1.807) is 7.11 Å². The lowest BCUT2D eigenvalue weighted by Gasteiger charge is -2.04. The molecule has 3 nitrogen and oxygen atoms in total. The number of H-pyrrole nitrogens is 1. The molecule has 0 aromatic carbocycles. The molecule has 1 aromatic heterocycles. The van der Waals surface area contributed by atoms with E-state index in [0.29, 0.717) is 0 Å². The van der Waals surface area contributed by atoms with Crippen LogP contribution in [0, 0.1) is 0 Å². The number of aliphatic imine (C=N–C) groups is 1. The quantitative estimate of drug-likeness (QED) is 0.675. The first-order valence-corrected chi connectivity index (χ1v) is 8.26. The topological polar surface area (TPSA) is 37.4 Å². The van der Waals surface area contributed by atoms with E-state index in [-0.39, 0.29) is 0 Å². The summed E-state index contributed by atoms with van der Waals surface area (Å²) in [6, 6.07) is 1.93. The second-order valence-electron chi connectivity index (χ2n) is 5.39. The lowest BCUT2D eigenvalue weighted by atomic mass is 10.00. The predicted molar refractivity (Wildman–Crippen MR) is 93.0 cm³/mol. The van der Waals surface area contributed by atoms with E-state index in [1.807, 2.05) is 6.07 Å². The van der Waals surface area contributed by atoms with Gasteiger partial charge in [0.1, 0.15) is 5.75 Å². The molecule has 0 unspecified atom stereocenters. The van der Waals surface area contributed by atoms with Gasteiger partial charge in [0, 0.05) is 11.8 Å². The number of aromatic nitrogens is 1. The van der Waals surface area contributed by atoms with E-state index in [1.165, 1.54) is 30.4 Å². The normalized spacial score (nSPS) is 16.8. The van der Waals surface area contributed by atoms with Crippen LogP contribution in [0.2, 0.25) is 0 Å². The maximum atomic E-state index is 5.37. The number of nitrogens with zero attached hydrogens (tertiary/aromatic N) is 1. The summed E-state index contributed by atoms with van der Waals surface area (Å²) in [6.45, 7) is 6.50. The fourth-order valence-corrected chi connectivity index (χ4v) is 3.07. The third-order valence-corrected chi connectivity index (χ3v) is 4.30. The molecule has 0 spiro atoms. The van der Waals surface area contributed by atoms with Crippen molar-refractivity contribution in [3.8, 4) is 5.75 Å². The molecule has 0 fully saturated rings. The number of nitrogens with one attached hydrogen (secondary N) is 1. The van der Waals surface area contributed by atoms with Crippen LogP contribution >= 0.6 is 15.9 Å². The van der Waals surface area contributed by atoms with Gasteiger partial charge in [-0.25, -0.2) is 0 Å². The van der Waals surface area contributed by atoms with E-state index in [4.69, 9.17) is 9.73 Å². The van der Waals surface area contributed by atoms with Crippen molar-refractivity contribution in [3.05, 3.63) is 33.2 Å². The van der Waals surface area contributed by atoms with E-state index in [2.05, 4.69) is 47.8 Å². The monoisotopic (exact) mass is 350 g/mol. The number of ether oxygens (including phenoxy) is 1. The number of allylic oxidation sites excluding steroid dienone is 2. The molecule has 0 radical (unpaired) electrons. The number of rotatable bonds is 6. The predicted octanol–water partition coefficient (Wildman–Crippen LogP) is 5.50. The zero-order valence-electron chi connectivity index (χ0n) is 13.2. The summed E-state index contributed by atoms with van der Waals surface area (Å²) in [5.41, 5.74) is 5.83. The molecule has 2 rings (SSSR count). The zero-order valence-corrected chi connectivity index (χ0v) is 14.8. The first-order chi connectivity index (χ1) is 10.1. The van der Waals surface area contributed by atoms with Crippen molar-refractivity contribution < 1.29 is 4.74 Å². The van der Waals surface area contributed by atoms with Crippen LogP contribution in [-0.2, 0) is 0 Å². The molecule has 1 aliphatic heterocycles. The molecule has 21 heavy (non-hydrogen) atoms. The lowest BCUT2D eigenvalue weighted by molar-refractivity contribution is 0.414. The Morgan fingerprint density at radius 1 is 1.33 bits per heavy atom. The molecule has 2 heterocycles. The highest BCUT2D eigenvalue weighted by Gasteiger charge is 2.18. The van der Waals surface area contributed by atoms with Crippen LogP contribution in [0.3, 0.4) is 0 Å². The van der Waals surface area contributed by atoms with Crippen LogP contribution in [0.1, 0.15) is 52.1 Å². The van der Waals surface area contributed by atoms with Gasteiger partial charge in [-0.3, -0.25) is 4.99 Å². The van der Waals surface area contributed by atoms with Gasteiger partial charge in [0.25, 0.3) is 0 Å². The third kappa shape index (κ3) is 3.67. The largest absolute Gasteiger partial charge is 0.494 e. The molecular weight excluding hydrogens is 328 g/mol. The summed E-state index contributed by atoms with van der Waals surface area (Å²) in [5.74, 6) is 0.828. The highest BCUT2D eigenvalue weighted by molar-refractivity contribution is 9.10. The Bertz CT molecular complexity index is 608. The van der Waals surface area contributed by atoms with Gasteiger partial charge < -0.3 is 9.72 Å². The summed E-state index contributed by atoms with van der Waals surface area (Å²) in [5, 5.41) is 0. The Hall–Kier alpha value is -1.29. The molecule has 1 N–H and O–H groups in total. The van der Waals surface area contributed by atoms with Crippen LogP contribution in [-0.4, -0.2) is 17.8 Å². The molecule has 114 valence electrons. The maximum absolute atomic E-state index is 5.37. The summed E-state index contributed by atoms with van der Waals surface area (Å²) in [6.07, 6.45) is 6.95. The minimum atomic E-state index is 0.828. The van der Waals surface area contributed by atoms with E-state index in [0.717, 1.165) is 33.9 Å². The Kier molecular flexibility index (Phi) is 5.45. The van der Waals surface area contributed by atoms with Crippen LogP contribution < -0.4 is 4.74 Å². The number of hydrogen-bond donors (Lipinski definition) is 1. The van der Waals surface area contributed by atoms with Gasteiger partial charge in [-0.1, -0.05) is 19.8 Å². The van der Waals surface area contributed by atoms with Gasteiger partial charge >= 0.3 is 0 Å². The first kappa shape index (κ1) is 16.1. The summed E-state index contributed by atoms with van der Waals surface area (Å²) < 4.78 is 6.29. The standard InChI is InChI=1S/C17H23BrN2O/c1-5-6-7-8-13-11(2)14(19-12(13)3)9-15-16(21-4)10-17(18)20-15/h9-10,20H,5-8H2,1-4H3/b14-9-. The number of hydrogen-bond acceptors (Lipinski definition) is 2. The Balaban J connectivity index is 2.26. The van der Waals surface area contributed by atoms with Crippen LogP contribution in [0.25, 0.3) is 6.08 Å². The fraction of sp³-hybridized carbons (Fsp3) is 0.471. The zero-order chi connectivity index (χ0) is 15.4. The van der Waals surface area contributed by atoms with E-state index >= 15 is 0 Å². The number of halogens is 1. The lowest BCUT2D eigenvalue weighted by Crippen LogP contribution is -1.94. The third-order valence-electron chi connectivity index (χ3n) is 3.87. The van der Waals surface area contributed by atoms with Crippen LogP contribution in [0.4, 0.5) is 0 Å². The van der Waals surface area contributed by atoms with Crippen molar-refractivity contribution in [2.75, 3.05) is 7.11 Å². The molecule has 0 saturated carbocycles. The van der Waals surface area contributed by atoms with Gasteiger partial charge in [-0.2, -0.15) is 0 Å². The molecule has 0 bridgehead atoms. The highest BCUT2D eigenvalue weighted by atomic mass is 79.9. The van der Waals surface area contributed by atoms with Crippen molar-refractivity contribution in [1.82, 2.24) is 4.98 Å². The smallest absolute Gasteiger partial charge is 0.145 e. The highest BCUT2D eigenvalue weighted by Crippen LogP contribution is 2.32. The van der Waals surface area contributed by atoms with Gasteiger partial charge in [-0.05, 0) is 59.8 Å². The number of unbranched alkanes of at least 4 members (excludes halogenated alkanes) is 2. The van der Waals surface area contributed by atoms with Crippen molar-refractivity contribution in [2.24, 2.45) is 4.99 Å². The summed E-state index contributed by atoms with van der Waals surface area (Å²) in [4.78, 5) is 7.97. The van der Waals surface area contributed by atoms with Crippen molar-refractivity contribution >= 4 is 27.7 Å². The average Bonchev–Trinajstić information content (AvgIpc) is 2.93. The summed E-state index contributed by atoms with van der Waals surface area (Å²) >= 11 is 3.44. The number of aromatic amines is 1. The summed E-state index contributed by atoms with van der Waals surface area (Å²) in [7, 11) is 1.68. The molecule has 1 aromatic rings. The van der Waals surface area contributed by atoms with Crippen LogP contribution in [0.5, 0.6) is 5.75 Å². The minimum absolute atomic E-state index is 0.828. The van der Waals surface area contributed by atoms with Crippen molar-refractivity contribution in [3.63, 3.8) is 0 Å². The molecular formula is C17H23BrN2O. The van der Waals surface area contributed by atoms with Crippen molar-refractivity contribution in [2.45, 2.75) is 46.5 Å². The molecule has 1 aliphatic rings. The molecule has 0 aliphatic carbocycles.